The molecule has 0 aromatic carbocycles. The molecule has 0 spiro atoms. The van der Waals surface area contributed by atoms with E-state index in [4.69, 9.17) is 9.47 Å². The monoisotopic (exact) mass is 470 g/mol. The van der Waals surface area contributed by atoms with Crippen LogP contribution in [0.5, 0.6) is 0 Å². The summed E-state index contributed by atoms with van der Waals surface area (Å²) in [5.41, 5.74) is -1.43. The van der Waals surface area contributed by atoms with Crippen LogP contribution in [0.3, 0.4) is 0 Å². The minimum absolute atomic E-state index is 0.0343. The van der Waals surface area contributed by atoms with Gasteiger partial charge in [0.15, 0.2) is 0 Å². The molecular weight excluding hydrogens is 424 g/mol. The maximum absolute atomic E-state index is 13.9. The van der Waals surface area contributed by atoms with Crippen molar-refractivity contribution in [2.75, 3.05) is 0 Å². The average Bonchev–Trinajstić information content (AvgIpc) is 2.84. The summed E-state index contributed by atoms with van der Waals surface area (Å²) >= 11 is 0. The zero-order valence-corrected chi connectivity index (χ0v) is 24.4. The molecule has 0 saturated carbocycles. The van der Waals surface area contributed by atoms with Crippen LogP contribution in [0.25, 0.3) is 0 Å². The summed E-state index contributed by atoms with van der Waals surface area (Å²) in [6.07, 6.45) is 0.392. The van der Waals surface area contributed by atoms with Gasteiger partial charge in [0.25, 0.3) is 0 Å². The summed E-state index contributed by atoms with van der Waals surface area (Å²) < 4.78 is 11.5. The molecule has 1 aliphatic heterocycles. The van der Waals surface area contributed by atoms with Crippen LogP contribution in [0.1, 0.15) is 61.8 Å². The first-order valence-electron chi connectivity index (χ1n) is 11.5. The Hall–Kier alpha value is -0.956. The number of cyclic esters (lactones) is 2. The summed E-state index contributed by atoms with van der Waals surface area (Å²) in [5, 5.41) is -0.722. The van der Waals surface area contributed by atoms with Crippen molar-refractivity contribution in [3.05, 3.63) is 0 Å². The van der Waals surface area contributed by atoms with Crippen molar-refractivity contribution in [3.8, 4) is 0 Å². The van der Waals surface area contributed by atoms with E-state index in [1.54, 1.807) is 13.8 Å². The van der Waals surface area contributed by atoms with Crippen LogP contribution in [-0.2, 0) is 23.9 Å². The van der Waals surface area contributed by atoms with E-state index in [0.29, 0.717) is 6.42 Å². The Morgan fingerprint density at radius 3 is 1.65 bits per heavy atom. The summed E-state index contributed by atoms with van der Waals surface area (Å²) in [4.78, 5) is 38.4. The van der Waals surface area contributed by atoms with Gasteiger partial charge in [0.2, 0.25) is 0 Å². The molecule has 0 amide bonds. The molecule has 180 valence electrons. The second-order valence-corrected chi connectivity index (χ2v) is 24.2. The molecule has 0 aromatic heterocycles. The molecule has 0 aliphatic carbocycles. The van der Waals surface area contributed by atoms with E-state index in [-0.39, 0.29) is 10.5 Å². The Labute approximate surface area is 192 Å². The van der Waals surface area contributed by atoms with E-state index in [1.165, 1.54) is 0 Å². The van der Waals surface area contributed by atoms with Gasteiger partial charge in [-0.1, -0.05) is 80.8 Å². The molecule has 4 unspecified atom stereocenters. The molecule has 5 nitrogen and oxygen atoms in total. The fourth-order valence-corrected chi connectivity index (χ4v) is 9.78. The van der Waals surface area contributed by atoms with Crippen LogP contribution in [0.2, 0.25) is 44.3 Å². The standard InChI is InChI=1S/C24H46O5Si2/c1-15-23(7,17-16(2)18(25)28-19(17)26)20(27)29-24(8,31(12,13)14)21(3,4)22(5,6)30(9,10)11/h16-17H,15H2,1-14H3. The van der Waals surface area contributed by atoms with E-state index in [9.17, 15) is 14.4 Å². The fourth-order valence-electron chi connectivity index (χ4n) is 4.95. The van der Waals surface area contributed by atoms with Gasteiger partial charge in [-0.05, 0) is 25.3 Å². The molecular formula is C24H46O5Si2. The normalized spacial score (nSPS) is 25.0. The number of esters is 3. The maximum atomic E-state index is 13.9. The van der Waals surface area contributed by atoms with Crippen LogP contribution >= 0.6 is 0 Å². The predicted molar refractivity (Wildman–Crippen MR) is 131 cm³/mol. The Bertz CT molecular complexity index is 744. The van der Waals surface area contributed by atoms with E-state index in [1.807, 2.05) is 6.92 Å². The zero-order chi connectivity index (χ0) is 25.0. The Morgan fingerprint density at radius 2 is 1.35 bits per heavy atom. The first-order valence-corrected chi connectivity index (χ1v) is 18.5. The molecule has 1 fully saturated rings. The highest BCUT2D eigenvalue weighted by Crippen LogP contribution is 2.61. The third kappa shape index (κ3) is 4.21. The molecule has 0 N–H and O–H groups in total. The molecule has 1 saturated heterocycles. The van der Waals surface area contributed by atoms with E-state index >= 15 is 0 Å². The van der Waals surface area contributed by atoms with Crippen molar-refractivity contribution in [2.45, 2.75) is 111 Å². The van der Waals surface area contributed by atoms with Crippen LogP contribution < -0.4 is 0 Å². The predicted octanol–water partition coefficient (Wildman–Crippen LogP) is 6.06. The average molecular weight is 471 g/mol. The second kappa shape index (κ2) is 8.12. The van der Waals surface area contributed by atoms with Crippen molar-refractivity contribution < 1.29 is 23.9 Å². The molecule has 0 radical (unpaired) electrons. The number of hydrogen-bond donors (Lipinski definition) is 0. The van der Waals surface area contributed by atoms with Gasteiger partial charge >= 0.3 is 17.9 Å². The number of hydrogen-bond acceptors (Lipinski definition) is 5. The lowest BCUT2D eigenvalue weighted by molar-refractivity contribution is -0.181. The molecule has 1 rings (SSSR count). The van der Waals surface area contributed by atoms with E-state index in [2.05, 4.69) is 73.9 Å². The minimum Gasteiger partial charge on any atom is -0.462 e. The van der Waals surface area contributed by atoms with E-state index in [0.717, 1.165) is 0 Å². The lowest BCUT2D eigenvalue weighted by Crippen LogP contribution is -2.68. The van der Waals surface area contributed by atoms with Crippen LogP contribution in [0.15, 0.2) is 0 Å². The molecule has 1 heterocycles. The Kier molecular flexibility index (Phi) is 7.35. The second-order valence-electron chi connectivity index (χ2n) is 13.0. The maximum Gasteiger partial charge on any atom is 0.318 e. The SMILES string of the molecule is CCC(C)(C(=O)OC(C)(C(C)(C)C(C)(C)[Si](C)(C)C)[Si](C)(C)C)C1C(=O)OC(=O)C1C. The smallest absolute Gasteiger partial charge is 0.318 e. The molecule has 7 heteroatoms. The third-order valence-corrected chi connectivity index (χ3v) is 17.5. The minimum atomic E-state index is -2.08. The highest BCUT2D eigenvalue weighted by Gasteiger charge is 2.64. The fraction of sp³-hybridized carbons (Fsp3) is 0.875. The Morgan fingerprint density at radius 1 is 0.903 bits per heavy atom. The highest BCUT2D eigenvalue weighted by molar-refractivity contribution is 6.81. The van der Waals surface area contributed by atoms with Crippen LogP contribution in [-0.4, -0.2) is 39.3 Å². The van der Waals surface area contributed by atoms with Crippen molar-refractivity contribution >= 4 is 34.1 Å². The van der Waals surface area contributed by atoms with Gasteiger partial charge in [0.05, 0.1) is 33.4 Å². The summed E-state index contributed by atoms with van der Waals surface area (Å²) in [5.74, 6) is -3.06. The van der Waals surface area contributed by atoms with Gasteiger partial charge in [-0.2, -0.15) is 0 Å². The number of rotatable bonds is 8. The van der Waals surface area contributed by atoms with Crippen molar-refractivity contribution in [2.24, 2.45) is 22.7 Å². The van der Waals surface area contributed by atoms with Gasteiger partial charge in [0.1, 0.15) is 5.22 Å². The van der Waals surface area contributed by atoms with Crippen LogP contribution in [0.4, 0.5) is 0 Å². The molecule has 0 bridgehead atoms. The van der Waals surface area contributed by atoms with Crippen molar-refractivity contribution in [1.29, 1.82) is 0 Å². The molecule has 1 aliphatic rings. The van der Waals surface area contributed by atoms with Gasteiger partial charge in [0, 0.05) is 5.41 Å². The quantitative estimate of drug-likeness (QED) is 0.245. The zero-order valence-electron chi connectivity index (χ0n) is 22.4. The highest BCUT2D eigenvalue weighted by atomic mass is 28.3. The van der Waals surface area contributed by atoms with Crippen LogP contribution in [0, 0.1) is 22.7 Å². The van der Waals surface area contributed by atoms with Gasteiger partial charge in [-0.25, -0.2) is 0 Å². The number of ether oxygens (including phenoxy) is 2. The molecule has 31 heavy (non-hydrogen) atoms. The van der Waals surface area contributed by atoms with Gasteiger partial charge in [-0.15, -0.1) is 0 Å². The van der Waals surface area contributed by atoms with E-state index < -0.39 is 56.5 Å². The largest absolute Gasteiger partial charge is 0.462 e. The first-order chi connectivity index (χ1) is 13.5. The summed E-state index contributed by atoms with van der Waals surface area (Å²) in [7, 11) is -3.74. The molecule has 0 aromatic rings. The third-order valence-electron chi connectivity index (χ3n) is 9.57. The molecule has 4 atom stereocenters. The van der Waals surface area contributed by atoms with Crippen molar-refractivity contribution in [1.82, 2.24) is 0 Å². The Balaban J connectivity index is 3.58. The summed E-state index contributed by atoms with van der Waals surface area (Å²) in [6, 6.07) is 0. The lowest BCUT2D eigenvalue weighted by Gasteiger charge is -2.61. The lowest BCUT2D eigenvalue weighted by atomic mass is 9.70. The van der Waals surface area contributed by atoms with Crippen molar-refractivity contribution in [3.63, 3.8) is 0 Å². The first kappa shape index (κ1) is 28.1. The van der Waals surface area contributed by atoms with Gasteiger partial charge < -0.3 is 9.47 Å². The summed E-state index contributed by atoms with van der Waals surface area (Å²) in [6.45, 7) is 30.2. The topological polar surface area (TPSA) is 69.7 Å². The van der Waals surface area contributed by atoms with Gasteiger partial charge in [-0.3, -0.25) is 14.4 Å². The number of carbonyl (C=O) groups is 3. The number of carbonyl (C=O) groups excluding carboxylic acids is 3.